The Morgan fingerprint density at radius 3 is 0.824 bits per heavy atom. The van der Waals surface area contributed by atoms with Crippen LogP contribution in [0.15, 0.2) is 219 Å². The lowest BCUT2D eigenvalue weighted by molar-refractivity contribution is -0.661. The average Bonchev–Trinajstić information content (AvgIpc) is 0.764. The predicted octanol–water partition coefficient (Wildman–Crippen LogP) is 24.4. The van der Waals surface area contributed by atoms with Gasteiger partial charge < -0.3 is 0 Å². The zero-order chi connectivity index (χ0) is 86.0. The Morgan fingerprint density at radius 2 is 0.500 bits per heavy atom. The summed E-state index contributed by atoms with van der Waals surface area (Å²) in [5, 5.41) is 0. The molecule has 0 N–H and O–H groups in total. The molecule has 524 valence electrons. The lowest BCUT2D eigenvalue weighted by Crippen LogP contribution is -2.32. The molecular weight excluding hydrogens is 1230 g/mol. The van der Waals surface area contributed by atoms with Gasteiger partial charge in [0.1, 0.15) is 28.2 Å². The summed E-state index contributed by atoms with van der Waals surface area (Å²) < 4.78 is 121. The first-order valence-corrected chi connectivity index (χ1v) is 35.8. The van der Waals surface area contributed by atoms with Crippen molar-refractivity contribution in [2.45, 2.75) is 175 Å². The minimum Gasteiger partial charge on any atom is -0.201 e. The number of aryl methyl sites for hydroxylation is 15. The van der Waals surface area contributed by atoms with Gasteiger partial charge in [-0.25, -0.2) is 18.3 Å². The monoisotopic (exact) mass is 1360 g/mol. The topological polar surface area (TPSA) is 15.5 Å². The summed E-state index contributed by atoms with van der Waals surface area (Å²) in [5.74, 6) is -0.639. The average molecular weight is 1360 g/mol. The van der Waals surface area contributed by atoms with E-state index in [1.807, 2.05) is 98.3 Å². The lowest BCUT2D eigenvalue weighted by atomic mass is 9.88. The zero-order valence-corrected chi connectivity index (χ0v) is 64.3. The van der Waals surface area contributed by atoms with Gasteiger partial charge in [0.15, 0.2) is 24.8 Å². The molecule has 0 aliphatic heterocycles. The summed E-state index contributed by atoms with van der Waals surface area (Å²) in [5.41, 5.74) is 30.2. The van der Waals surface area contributed by atoms with Crippen LogP contribution in [0.4, 0.5) is 0 Å². The number of hydrogen-bond donors (Lipinski definition) is 0. The van der Waals surface area contributed by atoms with Crippen molar-refractivity contribution >= 4 is 0 Å². The molecule has 0 aliphatic carbocycles. The first-order chi connectivity index (χ1) is 53.9. The van der Waals surface area contributed by atoms with Crippen LogP contribution < -0.4 is 18.3 Å². The van der Waals surface area contributed by atoms with Crippen molar-refractivity contribution in [2.24, 2.45) is 28.2 Å². The van der Waals surface area contributed by atoms with Crippen molar-refractivity contribution in [2.75, 3.05) is 0 Å². The normalized spacial score (nSPS) is 14.0. The third kappa shape index (κ3) is 17.6. The van der Waals surface area contributed by atoms with Gasteiger partial charge in [-0.05, 0) is 241 Å². The van der Waals surface area contributed by atoms with Gasteiger partial charge >= 0.3 is 0 Å². The lowest BCUT2D eigenvalue weighted by Gasteiger charge is -2.17. The number of pyridine rings is 4. The van der Waals surface area contributed by atoms with Crippen molar-refractivity contribution in [3.63, 3.8) is 0 Å². The molecular formula is C98H116N4+4. The number of rotatable bonds is 13. The third-order valence-corrected chi connectivity index (χ3v) is 19.7. The Kier molecular flexibility index (Phi) is 19.3. The summed E-state index contributed by atoms with van der Waals surface area (Å²) in [6, 6.07) is 64.6. The Balaban J connectivity index is 0.000000178. The SMILES string of the molecule is Cc1cc(C)c(-c2cc(C(C)C)c(C(C)C)c[n+]2C)cc1-c1ccccc1.Cc1cc(C)c(-c2cc(C(C)C)c(C)c[n+]2C)cc1-c1ccccc1.[2H]C([2H])([2H])c1cc(C)c(-c2cc(C([2H])(C)C)c(C([2H])([2H])[2H])c[n+]2C)cc1-c1ccccc1.[2H]C([2H])([2H])c1cc(C)c(-c2cc(C([2H])([2H])[2H])c(C([2H])(C)C)c[n+]2C)cc1-c1ccccc1. The molecule has 102 heavy (non-hydrogen) atoms. The Hall–Kier alpha value is -9.64. The van der Waals surface area contributed by atoms with Crippen molar-refractivity contribution in [1.29, 1.82) is 0 Å². The van der Waals surface area contributed by atoms with Gasteiger partial charge in [-0.2, -0.15) is 0 Å². The van der Waals surface area contributed by atoms with Crippen LogP contribution >= 0.6 is 0 Å². The van der Waals surface area contributed by atoms with E-state index in [4.69, 9.17) is 19.2 Å². The Labute approximate surface area is 634 Å². The summed E-state index contributed by atoms with van der Waals surface area (Å²) in [7, 11) is 7.90. The first-order valence-electron chi connectivity index (χ1n) is 42.8. The van der Waals surface area contributed by atoms with Crippen LogP contribution in [0.5, 0.6) is 0 Å². The van der Waals surface area contributed by atoms with E-state index in [0.717, 1.165) is 39.1 Å². The maximum atomic E-state index is 8.54. The van der Waals surface area contributed by atoms with Crippen LogP contribution in [0.1, 0.15) is 207 Å². The number of aromatic nitrogens is 4. The highest BCUT2D eigenvalue weighted by molar-refractivity contribution is 5.80. The fourth-order valence-electron chi connectivity index (χ4n) is 14.1. The predicted molar refractivity (Wildman–Crippen MR) is 437 cm³/mol. The summed E-state index contributed by atoms with van der Waals surface area (Å²) >= 11 is 0. The van der Waals surface area contributed by atoms with Crippen LogP contribution in [-0.4, -0.2) is 0 Å². The smallest absolute Gasteiger partial charge is 0.201 e. The summed E-state index contributed by atoms with van der Waals surface area (Å²) in [4.78, 5) is 0. The van der Waals surface area contributed by atoms with Gasteiger partial charge in [0.2, 0.25) is 22.8 Å². The quantitative estimate of drug-likeness (QED) is 0.102. The Morgan fingerprint density at radius 1 is 0.235 bits per heavy atom. The molecule has 0 unspecified atom stereocenters. The van der Waals surface area contributed by atoms with Crippen LogP contribution in [0.2, 0.25) is 0 Å². The van der Waals surface area contributed by atoms with E-state index in [1.54, 1.807) is 76.0 Å². The standard InChI is InChI=1S/C26H32N.3C24H28N/c1-17(2)22-15-26(27(7)16-25(22)18(3)4)24-14-23(19(5)13-20(24)6)21-11-9-8-10-12-21;2*1-16(2)21-14-24(25(6)15-19(21)5)23-13-22(17(3)12-18(23)4)20-10-8-7-9-11-20;1-16(2)23-15-25(6)24(13-19(23)5)22-14-21(17(3)12-18(22)4)20-10-8-7-9-11-20/h8-18H,1-7H3;3*7-16H,1-6H3/q4*+1/i;3D3,5D3,16D;;3D3,5D3,16D. The van der Waals surface area contributed by atoms with Crippen molar-refractivity contribution in [3.05, 3.63) is 308 Å². The number of benzene rings is 8. The number of hydrogen-bond acceptors (Lipinski definition) is 0. The molecule has 0 bridgehead atoms. The molecule has 4 aromatic heterocycles. The molecule has 4 nitrogen and oxygen atoms in total. The largest absolute Gasteiger partial charge is 0.212 e. The molecule has 4 heterocycles. The Bertz CT molecular complexity index is 5320. The van der Waals surface area contributed by atoms with Crippen LogP contribution in [0.25, 0.3) is 89.5 Å². The van der Waals surface area contributed by atoms with Crippen molar-refractivity contribution in [3.8, 4) is 89.5 Å². The molecule has 12 aromatic rings. The molecule has 0 amide bonds. The van der Waals surface area contributed by atoms with Gasteiger partial charge in [0.05, 0.1) is 0 Å². The second kappa shape index (κ2) is 33.4. The second-order valence-electron chi connectivity index (χ2n) is 29.1. The summed E-state index contributed by atoms with van der Waals surface area (Å²) in [6.45, 7) is 25.8. The molecule has 12 rings (SSSR count). The molecule has 0 aliphatic rings. The molecule has 0 fully saturated rings. The first kappa shape index (κ1) is 58.9. The minimum atomic E-state index is -2.38. The van der Waals surface area contributed by atoms with Crippen LogP contribution in [-0.2, 0) is 28.2 Å². The van der Waals surface area contributed by atoms with E-state index >= 15 is 0 Å². The molecule has 0 saturated heterocycles. The van der Waals surface area contributed by atoms with Crippen molar-refractivity contribution < 1.29 is 37.5 Å². The molecule has 0 atom stereocenters. The molecule has 0 radical (unpaired) electrons. The molecule has 8 aromatic carbocycles. The van der Waals surface area contributed by atoms with E-state index in [0.29, 0.717) is 45.7 Å². The third-order valence-electron chi connectivity index (χ3n) is 19.7. The van der Waals surface area contributed by atoms with E-state index in [-0.39, 0.29) is 22.3 Å². The van der Waals surface area contributed by atoms with Gasteiger partial charge in [-0.15, -0.1) is 0 Å². The highest BCUT2D eigenvalue weighted by Gasteiger charge is 2.25. The molecule has 0 spiro atoms. The highest BCUT2D eigenvalue weighted by Crippen LogP contribution is 2.38. The number of nitrogens with zero attached hydrogens (tertiary/aromatic N) is 4. The van der Waals surface area contributed by atoms with Crippen LogP contribution in [0.3, 0.4) is 0 Å². The van der Waals surface area contributed by atoms with Gasteiger partial charge in [-0.1, -0.05) is 215 Å². The van der Waals surface area contributed by atoms with Gasteiger partial charge in [-0.3, -0.25) is 0 Å². The van der Waals surface area contributed by atoms with E-state index in [1.165, 1.54) is 89.3 Å². The maximum Gasteiger partial charge on any atom is 0.212 e. The van der Waals surface area contributed by atoms with E-state index in [2.05, 4.69) is 209 Å². The summed E-state index contributed by atoms with van der Waals surface area (Å²) in [6.07, 6.45) is 7.85. The van der Waals surface area contributed by atoms with Crippen molar-refractivity contribution in [1.82, 2.24) is 0 Å². The molecule has 0 saturated carbocycles. The highest BCUT2D eigenvalue weighted by atomic mass is 14.9. The minimum absolute atomic E-state index is 0.131. The molecule has 4 heteroatoms. The van der Waals surface area contributed by atoms with E-state index < -0.39 is 39.2 Å². The maximum absolute atomic E-state index is 8.54. The zero-order valence-electron chi connectivity index (χ0n) is 78.3. The second-order valence-corrected chi connectivity index (χ2v) is 29.1. The van der Waals surface area contributed by atoms with Gasteiger partial charge in [0.25, 0.3) is 0 Å². The van der Waals surface area contributed by atoms with E-state index in [9.17, 15) is 0 Å². The van der Waals surface area contributed by atoms with Gasteiger partial charge in [0, 0.05) is 88.0 Å². The van der Waals surface area contributed by atoms with Crippen LogP contribution in [0, 0.1) is 75.9 Å². The fraction of sp³-hybridized carbons (Fsp3) is 0.306. The fourth-order valence-corrected chi connectivity index (χ4v) is 14.1.